The highest BCUT2D eigenvalue weighted by atomic mass is 16.4. The highest BCUT2D eigenvalue weighted by molar-refractivity contribution is 5.87. The van der Waals surface area contributed by atoms with Gasteiger partial charge in [0.1, 0.15) is 6.04 Å². The molecule has 2 amide bonds. The molecule has 6 nitrogen and oxygen atoms in total. The highest BCUT2D eigenvalue weighted by Gasteiger charge is 2.22. The Labute approximate surface area is 88.0 Å². The molecule has 1 atom stereocenters. The molecule has 3 N–H and O–H groups in total. The fraction of sp³-hybridized carbons (Fsp3) is 0.667. The summed E-state index contributed by atoms with van der Waals surface area (Å²) in [6, 6.07) is -0.925. The lowest BCUT2D eigenvalue weighted by Gasteiger charge is -2.17. The lowest BCUT2D eigenvalue weighted by Crippen LogP contribution is -2.47. The van der Waals surface area contributed by atoms with Crippen LogP contribution in [0.5, 0.6) is 0 Å². The molecule has 0 unspecified atom stereocenters. The van der Waals surface area contributed by atoms with Crippen LogP contribution >= 0.6 is 0 Å². The molecule has 0 aliphatic heterocycles. The molecule has 6 heteroatoms. The molecule has 0 aromatic carbocycles. The number of carboxylic acid groups (broad SMARTS) is 1. The normalized spacial score (nSPS) is 12.0. The van der Waals surface area contributed by atoms with Crippen LogP contribution in [-0.2, 0) is 14.4 Å². The third-order valence-corrected chi connectivity index (χ3v) is 1.75. The Morgan fingerprint density at radius 3 is 2.13 bits per heavy atom. The van der Waals surface area contributed by atoms with E-state index in [0.29, 0.717) is 0 Å². The second-order valence-electron chi connectivity index (χ2n) is 3.54. The van der Waals surface area contributed by atoms with E-state index in [1.54, 1.807) is 13.8 Å². The number of nitrogens with one attached hydrogen (secondary N) is 2. The molecule has 0 aromatic rings. The van der Waals surface area contributed by atoms with E-state index in [-0.39, 0.29) is 18.4 Å². The zero-order valence-electron chi connectivity index (χ0n) is 9.03. The van der Waals surface area contributed by atoms with Crippen LogP contribution in [0.25, 0.3) is 0 Å². The van der Waals surface area contributed by atoms with Crippen molar-refractivity contribution in [3.63, 3.8) is 0 Å². The average molecular weight is 216 g/mol. The quantitative estimate of drug-likeness (QED) is 0.569. The molecule has 0 saturated carbocycles. The van der Waals surface area contributed by atoms with Gasteiger partial charge in [-0.3, -0.25) is 9.59 Å². The Morgan fingerprint density at radius 1 is 1.27 bits per heavy atom. The minimum Gasteiger partial charge on any atom is -0.480 e. The van der Waals surface area contributed by atoms with Crippen molar-refractivity contribution in [2.75, 3.05) is 6.54 Å². The summed E-state index contributed by atoms with van der Waals surface area (Å²) in [4.78, 5) is 32.4. The van der Waals surface area contributed by atoms with Gasteiger partial charge in [-0.15, -0.1) is 0 Å². The molecule has 0 fully saturated rings. The van der Waals surface area contributed by atoms with Crippen LogP contribution in [0.15, 0.2) is 0 Å². The topological polar surface area (TPSA) is 95.5 Å². The number of carbonyl (C=O) groups excluding carboxylic acids is 2. The van der Waals surface area contributed by atoms with Gasteiger partial charge >= 0.3 is 5.97 Å². The van der Waals surface area contributed by atoms with Crippen molar-refractivity contribution in [2.45, 2.75) is 26.8 Å². The minimum atomic E-state index is -1.08. The molecule has 0 rings (SSSR count). The Kier molecular flexibility index (Phi) is 5.36. The molecule has 0 aliphatic rings. The Hall–Kier alpha value is -1.59. The van der Waals surface area contributed by atoms with Crippen molar-refractivity contribution in [2.24, 2.45) is 5.92 Å². The van der Waals surface area contributed by atoms with Crippen molar-refractivity contribution in [1.29, 1.82) is 0 Å². The zero-order chi connectivity index (χ0) is 12.0. The molecular weight excluding hydrogens is 200 g/mol. The molecule has 0 aromatic heterocycles. The van der Waals surface area contributed by atoms with Gasteiger partial charge in [0, 0.05) is 6.92 Å². The average Bonchev–Trinajstić information content (AvgIpc) is 2.09. The first-order chi connectivity index (χ1) is 6.84. The first-order valence-corrected chi connectivity index (χ1v) is 4.61. The van der Waals surface area contributed by atoms with Crippen LogP contribution in [-0.4, -0.2) is 35.5 Å². The van der Waals surface area contributed by atoms with Crippen molar-refractivity contribution < 1.29 is 19.5 Å². The second kappa shape index (κ2) is 6.00. The lowest BCUT2D eigenvalue weighted by molar-refractivity contribution is -0.143. The fourth-order valence-electron chi connectivity index (χ4n) is 0.943. The summed E-state index contributed by atoms with van der Waals surface area (Å²) in [6.45, 7) is 4.46. The van der Waals surface area contributed by atoms with Gasteiger partial charge in [0.05, 0.1) is 6.54 Å². The minimum absolute atomic E-state index is 0.203. The van der Waals surface area contributed by atoms with Crippen molar-refractivity contribution in [3.05, 3.63) is 0 Å². The van der Waals surface area contributed by atoms with E-state index in [9.17, 15) is 14.4 Å². The molecule has 15 heavy (non-hydrogen) atoms. The lowest BCUT2D eigenvalue weighted by atomic mass is 10.1. The molecule has 0 heterocycles. The van der Waals surface area contributed by atoms with Crippen molar-refractivity contribution >= 4 is 17.8 Å². The standard InChI is InChI=1S/C9H16N2O4/c1-5(2)8(9(14)15)11-7(13)4-10-6(3)12/h5,8H,4H2,1-3H3,(H,10,12)(H,11,13)(H,14,15)/t8-/m0/s1. The summed E-state index contributed by atoms with van der Waals surface area (Å²) in [5.41, 5.74) is 0. The summed E-state index contributed by atoms with van der Waals surface area (Å²) in [5, 5.41) is 13.4. The number of rotatable bonds is 5. The first-order valence-electron chi connectivity index (χ1n) is 4.61. The van der Waals surface area contributed by atoms with E-state index in [2.05, 4.69) is 10.6 Å². The van der Waals surface area contributed by atoms with Crippen molar-refractivity contribution in [3.8, 4) is 0 Å². The van der Waals surface area contributed by atoms with Crippen LogP contribution < -0.4 is 10.6 Å². The van der Waals surface area contributed by atoms with Crippen LogP contribution in [0, 0.1) is 5.92 Å². The van der Waals surface area contributed by atoms with Gasteiger partial charge in [-0.1, -0.05) is 13.8 Å². The van der Waals surface area contributed by atoms with Crippen LogP contribution in [0.4, 0.5) is 0 Å². The maximum Gasteiger partial charge on any atom is 0.326 e. The van der Waals surface area contributed by atoms with Gasteiger partial charge in [-0.2, -0.15) is 0 Å². The molecule has 86 valence electrons. The smallest absolute Gasteiger partial charge is 0.326 e. The number of aliphatic carboxylic acids is 1. The van der Waals surface area contributed by atoms with Gasteiger partial charge < -0.3 is 15.7 Å². The number of amides is 2. The van der Waals surface area contributed by atoms with E-state index in [0.717, 1.165) is 0 Å². The maximum atomic E-state index is 11.2. The Bertz CT molecular complexity index is 263. The summed E-state index contributed by atoms with van der Waals surface area (Å²) < 4.78 is 0. The predicted octanol–water partition coefficient (Wildman–Crippen LogP) is -0.652. The Balaban J connectivity index is 4.12. The van der Waals surface area contributed by atoms with E-state index in [4.69, 9.17) is 5.11 Å². The van der Waals surface area contributed by atoms with Crippen LogP contribution in [0.2, 0.25) is 0 Å². The second-order valence-corrected chi connectivity index (χ2v) is 3.54. The number of carboxylic acids is 1. The van der Waals surface area contributed by atoms with E-state index < -0.39 is 17.9 Å². The number of hydrogen-bond donors (Lipinski definition) is 3. The monoisotopic (exact) mass is 216 g/mol. The summed E-state index contributed by atoms with van der Waals surface area (Å²) >= 11 is 0. The van der Waals surface area contributed by atoms with Gasteiger partial charge in [0.2, 0.25) is 11.8 Å². The van der Waals surface area contributed by atoms with Crippen LogP contribution in [0.1, 0.15) is 20.8 Å². The summed E-state index contributed by atoms with van der Waals surface area (Å²) in [5.74, 6) is -2.13. The molecule has 0 aliphatic carbocycles. The van der Waals surface area contributed by atoms with E-state index in [1.165, 1.54) is 6.92 Å². The molecule has 0 bridgehead atoms. The van der Waals surface area contributed by atoms with E-state index >= 15 is 0 Å². The predicted molar refractivity (Wildman–Crippen MR) is 53.1 cm³/mol. The largest absolute Gasteiger partial charge is 0.480 e. The van der Waals surface area contributed by atoms with Gasteiger partial charge in [0.25, 0.3) is 0 Å². The first kappa shape index (κ1) is 13.4. The van der Waals surface area contributed by atoms with E-state index in [1.807, 2.05) is 0 Å². The van der Waals surface area contributed by atoms with Crippen molar-refractivity contribution in [1.82, 2.24) is 10.6 Å². The molecular formula is C9H16N2O4. The zero-order valence-corrected chi connectivity index (χ0v) is 9.03. The maximum absolute atomic E-state index is 11.2. The van der Waals surface area contributed by atoms with Crippen LogP contribution in [0.3, 0.4) is 0 Å². The molecule has 0 saturated heterocycles. The molecule has 0 spiro atoms. The SMILES string of the molecule is CC(=O)NCC(=O)N[C@H](C(=O)O)C(C)C. The highest BCUT2D eigenvalue weighted by Crippen LogP contribution is 2.00. The van der Waals surface area contributed by atoms with Gasteiger partial charge in [0.15, 0.2) is 0 Å². The Morgan fingerprint density at radius 2 is 1.80 bits per heavy atom. The third-order valence-electron chi connectivity index (χ3n) is 1.75. The van der Waals surface area contributed by atoms with Gasteiger partial charge in [-0.05, 0) is 5.92 Å². The third kappa shape index (κ3) is 5.66. The summed E-state index contributed by atoms with van der Waals surface area (Å²) in [7, 11) is 0. The number of carbonyl (C=O) groups is 3. The van der Waals surface area contributed by atoms with Gasteiger partial charge in [-0.25, -0.2) is 4.79 Å². The summed E-state index contributed by atoms with van der Waals surface area (Å²) in [6.07, 6.45) is 0. The number of hydrogen-bond acceptors (Lipinski definition) is 3. The molecule has 0 radical (unpaired) electrons. The fourth-order valence-corrected chi connectivity index (χ4v) is 0.943.